The first-order chi connectivity index (χ1) is 6.33. The van der Waals surface area contributed by atoms with Crippen LogP contribution in [0.3, 0.4) is 0 Å². The van der Waals surface area contributed by atoms with Gasteiger partial charge in [0.05, 0.1) is 0 Å². The second-order valence-electron chi connectivity index (χ2n) is 3.43. The molecule has 3 heteroatoms. The van der Waals surface area contributed by atoms with Crippen LogP contribution in [-0.2, 0) is 4.79 Å². The van der Waals surface area contributed by atoms with Gasteiger partial charge in [-0.1, -0.05) is 12.2 Å². The Bertz CT molecular complexity index is 191. The molecule has 2 nitrogen and oxygen atoms in total. The Kier molecular flexibility index (Phi) is 4.98. The molecule has 0 aliphatic heterocycles. The molecule has 0 saturated carbocycles. The monoisotopic (exact) mass is 199 g/mol. The predicted octanol–water partition coefficient (Wildman–Crippen LogP) is 1.78. The van der Waals surface area contributed by atoms with Crippen molar-refractivity contribution < 1.29 is 4.79 Å². The SMILES string of the molecule is O=C(CCS)NCC1CC=CCC1. The molecule has 0 fully saturated rings. The number of hydrogen-bond acceptors (Lipinski definition) is 2. The third kappa shape index (κ3) is 4.36. The summed E-state index contributed by atoms with van der Waals surface area (Å²) < 4.78 is 0. The van der Waals surface area contributed by atoms with Crippen LogP contribution in [0.1, 0.15) is 25.7 Å². The van der Waals surface area contributed by atoms with Gasteiger partial charge in [0.25, 0.3) is 0 Å². The number of rotatable bonds is 4. The Morgan fingerprint density at radius 3 is 3.00 bits per heavy atom. The van der Waals surface area contributed by atoms with Crippen LogP contribution in [0.25, 0.3) is 0 Å². The molecule has 0 aromatic carbocycles. The van der Waals surface area contributed by atoms with Crippen LogP contribution in [0.15, 0.2) is 12.2 Å². The smallest absolute Gasteiger partial charge is 0.220 e. The van der Waals surface area contributed by atoms with Crippen molar-refractivity contribution in [2.24, 2.45) is 5.92 Å². The van der Waals surface area contributed by atoms with Gasteiger partial charge in [-0.3, -0.25) is 4.79 Å². The highest BCUT2D eigenvalue weighted by atomic mass is 32.1. The lowest BCUT2D eigenvalue weighted by atomic mass is 9.94. The van der Waals surface area contributed by atoms with Crippen molar-refractivity contribution in [1.29, 1.82) is 0 Å². The molecule has 1 atom stereocenters. The van der Waals surface area contributed by atoms with Crippen LogP contribution in [0, 0.1) is 5.92 Å². The van der Waals surface area contributed by atoms with E-state index < -0.39 is 0 Å². The number of nitrogens with one attached hydrogen (secondary N) is 1. The maximum absolute atomic E-state index is 11.1. The summed E-state index contributed by atoms with van der Waals surface area (Å²) in [5.74, 6) is 1.41. The minimum atomic E-state index is 0.129. The fourth-order valence-corrected chi connectivity index (χ4v) is 1.69. The first kappa shape index (κ1) is 10.6. The lowest BCUT2D eigenvalue weighted by Crippen LogP contribution is -2.29. The Hall–Kier alpha value is -0.440. The van der Waals surface area contributed by atoms with E-state index in [1.807, 2.05) is 0 Å². The molecule has 74 valence electrons. The second-order valence-corrected chi connectivity index (χ2v) is 3.88. The molecule has 0 aromatic heterocycles. The Balaban J connectivity index is 2.11. The maximum Gasteiger partial charge on any atom is 0.220 e. The molecule has 0 saturated heterocycles. The molecule has 1 N–H and O–H groups in total. The van der Waals surface area contributed by atoms with E-state index >= 15 is 0 Å². The van der Waals surface area contributed by atoms with Crippen LogP contribution in [0.2, 0.25) is 0 Å². The van der Waals surface area contributed by atoms with E-state index in [0.29, 0.717) is 18.1 Å². The zero-order valence-corrected chi connectivity index (χ0v) is 8.72. The maximum atomic E-state index is 11.1. The number of thiol groups is 1. The third-order valence-electron chi connectivity index (χ3n) is 2.30. The summed E-state index contributed by atoms with van der Waals surface area (Å²) >= 11 is 4.01. The fourth-order valence-electron chi connectivity index (χ4n) is 1.49. The van der Waals surface area contributed by atoms with Gasteiger partial charge < -0.3 is 5.32 Å². The van der Waals surface area contributed by atoms with Crippen LogP contribution in [-0.4, -0.2) is 18.2 Å². The molecule has 1 aliphatic rings. The Morgan fingerprint density at radius 2 is 2.38 bits per heavy atom. The first-order valence-electron chi connectivity index (χ1n) is 4.85. The molecule has 0 heterocycles. The summed E-state index contributed by atoms with van der Waals surface area (Å²) in [7, 11) is 0. The standard InChI is InChI=1S/C10H17NOS/c12-10(6-7-13)11-8-9-4-2-1-3-5-9/h1-2,9,13H,3-8H2,(H,11,12). The third-order valence-corrected chi connectivity index (χ3v) is 2.53. The van der Waals surface area contributed by atoms with E-state index in [1.54, 1.807) is 0 Å². The normalized spacial score (nSPS) is 21.5. The molecular weight excluding hydrogens is 182 g/mol. The van der Waals surface area contributed by atoms with Gasteiger partial charge in [-0.2, -0.15) is 12.6 Å². The topological polar surface area (TPSA) is 29.1 Å². The highest BCUT2D eigenvalue weighted by molar-refractivity contribution is 7.80. The average molecular weight is 199 g/mol. The quantitative estimate of drug-likeness (QED) is 0.524. The first-order valence-corrected chi connectivity index (χ1v) is 5.48. The number of allylic oxidation sites excluding steroid dienone is 2. The zero-order chi connectivity index (χ0) is 9.52. The Labute approximate surface area is 85.2 Å². The molecular formula is C10H17NOS. The van der Waals surface area contributed by atoms with E-state index in [0.717, 1.165) is 19.4 Å². The van der Waals surface area contributed by atoms with Crippen molar-refractivity contribution in [3.05, 3.63) is 12.2 Å². The lowest BCUT2D eigenvalue weighted by molar-refractivity contribution is -0.120. The highest BCUT2D eigenvalue weighted by Gasteiger charge is 2.10. The average Bonchev–Trinajstić information content (AvgIpc) is 2.17. The zero-order valence-electron chi connectivity index (χ0n) is 7.83. The van der Waals surface area contributed by atoms with Gasteiger partial charge in [0, 0.05) is 13.0 Å². The van der Waals surface area contributed by atoms with Crippen LogP contribution in [0.4, 0.5) is 0 Å². The van der Waals surface area contributed by atoms with Gasteiger partial charge in [0.1, 0.15) is 0 Å². The van der Waals surface area contributed by atoms with Crippen LogP contribution in [0.5, 0.6) is 0 Å². The predicted molar refractivity (Wildman–Crippen MR) is 58.0 cm³/mol. The van der Waals surface area contributed by atoms with Crippen molar-refractivity contribution >= 4 is 18.5 Å². The molecule has 13 heavy (non-hydrogen) atoms. The molecule has 0 bridgehead atoms. The molecule has 1 amide bonds. The van der Waals surface area contributed by atoms with Crippen LogP contribution >= 0.6 is 12.6 Å². The van der Waals surface area contributed by atoms with Crippen molar-refractivity contribution in [2.45, 2.75) is 25.7 Å². The largest absolute Gasteiger partial charge is 0.356 e. The van der Waals surface area contributed by atoms with Gasteiger partial charge in [0.15, 0.2) is 0 Å². The van der Waals surface area contributed by atoms with Gasteiger partial charge in [0.2, 0.25) is 5.91 Å². The van der Waals surface area contributed by atoms with Crippen molar-refractivity contribution in [1.82, 2.24) is 5.32 Å². The van der Waals surface area contributed by atoms with Crippen molar-refractivity contribution in [3.8, 4) is 0 Å². The highest BCUT2D eigenvalue weighted by Crippen LogP contribution is 2.16. The number of carbonyl (C=O) groups is 1. The van der Waals surface area contributed by atoms with Gasteiger partial charge >= 0.3 is 0 Å². The molecule has 0 aromatic rings. The summed E-state index contributed by atoms with van der Waals surface area (Å²) in [5.41, 5.74) is 0. The minimum Gasteiger partial charge on any atom is -0.356 e. The number of amides is 1. The van der Waals surface area contributed by atoms with Crippen LogP contribution < -0.4 is 5.32 Å². The summed E-state index contributed by atoms with van der Waals surface area (Å²) in [6, 6.07) is 0. The summed E-state index contributed by atoms with van der Waals surface area (Å²) in [5, 5.41) is 2.93. The second kappa shape index (κ2) is 6.08. The summed E-state index contributed by atoms with van der Waals surface area (Å²) in [4.78, 5) is 11.1. The van der Waals surface area contributed by atoms with E-state index in [4.69, 9.17) is 0 Å². The lowest BCUT2D eigenvalue weighted by Gasteiger charge is -2.17. The molecule has 0 spiro atoms. The van der Waals surface area contributed by atoms with E-state index in [9.17, 15) is 4.79 Å². The number of carbonyl (C=O) groups excluding carboxylic acids is 1. The molecule has 1 rings (SSSR count). The summed E-state index contributed by atoms with van der Waals surface area (Å²) in [6.45, 7) is 0.830. The molecule has 0 radical (unpaired) electrons. The van der Waals surface area contributed by atoms with E-state index in [1.165, 1.54) is 6.42 Å². The Morgan fingerprint density at radius 1 is 1.54 bits per heavy atom. The fraction of sp³-hybridized carbons (Fsp3) is 0.700. The van der Waals surface area contributed by atoms with Crippen molar-refractivity contribution in [3.63, 3.8) is 0 Å². The van der Waals surface area contributed by atoms with E-state index in [2.05, 4.69) is 30.1 Å². The van der Waals surface area contributed by atoms with E-state index in [-0.39, 0.29) is 5.91 Å². The molecule has 1 unspecified atom stereocenters. The summed E-state index contributed by atoms with van der Waals surface area (Å²) in [6.07, 6.45) is 8.43. The minimum absolute atomic E-state index is 0.129. The van der Waals surface area contributed by atoms with Gasteiger partial charge in [-0.15, -0.1) is 0 Å². The van der Waals surface area contributed by atoms with Crippen molar-refractivity contribution in [2.75, 3.05) is 12.3 Å². The molecule has 1 aliphatic carbocycles. The number of hydrogen-bond donors (Lipinski definition) is 2. The van der Waals surface area contributed by atoms with Gasteiger partial charge in [-0.05, 0) is 30.9 Å². The van der Waals surface area contributed by atoms with Gasteiger partial charge in [-0.25, -0.2) is 0 Å².